The minimum absolute atomic E-state index is 0.192. The number of thioether (sulfide) groups is 1. The first kappa shape index (κ1) is 23.8. The van der Waals surface area contributed by atoms with Gasteiger partial charge in [0.1, 0.15) is 0 Å². The largest absolute Gasteiger partial charge is 0.341 e. The van der Waals surface area contributed by atoms with E-state index >= 15 is 0 Å². The highest BCUT2D eigenvalue weighted by Gasteiger charge is 2.14. The molecule has 0 radical (unpaired) electrons. The molecule has 0 aliphatic rings. The fraction of sp³-hybridized carbons (Fsp3) is 0.214. The van der Waals surface area contributed by atoms with Crippen LogP contribution in [-0.2, 0) is 17.9 Å². The monoisotopic (exact) mass is 496 g/mol. The number of para-hydroxylation sites is 1. The van der Waals surface area contributed by atoms with Gasteiger partial charge in [-0.3, -0.25) is 4.79 Å². The lowest BCUT2D eigenvalue weighted by Crippen LogP contribution is -2.20. The third-order valence-electron chi connectivity index (χ3n) is 6.19. The Morgan fingerprint density at radius 2 is 1.69 bits per heavy atom. The number of hydrogen-bond donors (Lipinski definition) is 1. The van der Waals surface area contributed by atoms with Gasteiger partial charge in [0, 0.05) is 40.5 Å². The number of benzene rings is 3. The maximum Gasteiger partial charge on any atom is 0.250 e. The molecule has 1 amide bonds. The topological polar surface area (TPSA) is 77.1 Å². The molecule has 36 heavy (non-hydrogen) atoms. The molecule has 8 heteroatoms. The van der Waals surface area contributed by atoms with Gasteiger partial charge in [0.25, 0.3) is 5.91 Å². The highest BCUT2D eigenvalue weighted by atomic mass is 32.2. The molecule has 2 aromatic heterocycles. The predicted molar refractivity (Wildman–Crippen MR) is 147 cm³/mol. The third kappa shape index (κ3) is 4.64. The fourth-order valence-electron chi connectivity index (χ4n) is 4.43. The van der Waals surface area contributed by atoms with E-state index in [2.05, 4.69) is 87.7 Å². The molecule has 0 saturated heterocycles. The van der Waals surface area contributed by atoms with E-state index in [1.165, 1.54) is 39.1 Å². The number of carbonyl (C=O) groups is 1. The first-order valence-electron chi connectivity index (χ1n) is 12.0. The third-order valence-corrected chi connectivity index (χ3v) is 7.16. The molecule has 2 heterocycles. The summed E-state index contributed by atoms with van der Waals surface area (Å²) in [7, 11) is 0. The highest BCUT2D eigenvalue weighted by Crippen LogP contribution is 2.29. The van der Waals surface area contributed by atoms with Crippen molar-refractivity contribution >= 4 is 45.7 Å². The van der Waals surface area contributed by atoms with Crippen LogP contribution in [0.4, 0.5) is 0 Å². The molecule has 0 saturated carbocycles. The van der Waals surface area contributed by atoms with Gasteiger partial charge in [0.15, 0.2) is 11.0 Å². The van der Waals surface area contributed by atoms with E-state index < -0.39 is 0 Å². The van der Waals surface area contributed by atoms with Gasteiger partial charge in [0.2, 0.25) is 0 Å². The van der Waals surface area contributed by atoms with Gasteiger partial charge in [-0.25, -0.2) is 5.43 Å². The Hall–Kier alpha value is -3.91. The molecule has 0 bridgehead atoms. The van der Waals surface area contributed by atoms with Crippen LogP contribution < -0.4 is 5.43 Å². The first-order chi connectivity index (χ1) is 17.6. The Bertz CT molecular complexity index is 1560. The number of fused-ring (bicyclic) bond motifs is 3. The first-order valence-corrected chi connectivity index (χ1v) is 13.0. The average molecular weight is 497 g/mol. The molecule has 0 unspecified atom stereocenters. The zero-order valence-electron chi connectivity index (χ0n) is 20.6. The number of rotatable bonds is 8. The van der Waals surface area contributed by atoms with Gasteiger partial charge in [-0.2, -0.15) is 5.10 Å². The number of nitrogens with zero attached hydrogens (tertiary/aromatic N) is 5. The van der Waals surface area contributed by atoms with Crippen molar-refractivity contribution in [2.45, 2.75) is 39.0 Å². The van der Waals surface area contributed by atoms with Crippen LogP contribution in [0, 0.1) is 6.92 Å². The fourth-order valence-corrected chi connectivity index (χ4v) is 5.22. The number of aromatic nitrogens is 4. The quantitative estimate of drug-likeness (QED) is 0.171. The Balaban J connectivity index is 1.24. The molecule has 0 aliphatic carbocycles. The van der Waals surface area contributed by atoms with Crippen molar-refractivity contribution in [2.75, 3.05) is 5.75 Å². The second-order valence-electron chi connectivity index (χ2n) is 8.54. The normalized spacial score (nSPS) is 11.6. The van der Waals surface area contributed by atoms with E-state index in [1.807, 2.05) is 29.7 Å². The van der Waals surface area contributed by atoms with E-state index in [1.54, 1.807) is 6.21 Å². The summed E-state index contributed by atoms with van der Waals surface area (Å²) in [6.07, 6.45) is 1.68. The minimum Gasteiger partial charge on any atom is -0.341 e. The molecule has 0 atom stereocenters. The molecule has 0 aliphatic heterocycles. The summed E-state index contributed by atoms with van der Waals surface area (Å²) in [6.45, 7) is 7.88. The van der Waals surface area contributed by atoms with E-state index in [9.17, 15) is 4.79 Å². The maximum atomic E-state index is 12.4. The van der Waals surface area contributed by atoms with E-state index in [4.69, 9.17) is 0 Å². The summed E-state index contributed by atoms with van der Waals surface area (Å²) in [5, 5.41) is 16.0. The Labute approximate surface area is 214 Å². The molecule has 0 spiro atoms. The molecule has 5 aromatic rings. The van der Waals surface area contributed by atoms with E-state index in [0.29, 0.717) is 5.16 Å². The van der Waals surface area contributed by atoms with Crippen molar-refractivity contribution in [3.63, 3.8) is 0 Å². The number of carbonyl (C=O) groups excluding carboxylic acids is 1. The summed E-state index contributed by atoms with van der Waals surface area (Å²) < 4.78 is 4.33. The zero-order chi connectivity index (χ0) is 25.1. The van der Waals surface area contributed by atoms with Crippen molar-refractivity contribution in [3.05, 3.63) is 77.9 Å². The SMILES string of the molecule is CCn1c(SCC(=O)NN=Cc2ccc3c(c2)c2ccccc2n3CC)nnc1-c1ccc(C)cc1. The molecular formula is C28H28N6OS. The van der Waals surface area contributed by atoms with Crippen LogP contribution in [0.15, 0.2) is 77.0 Å². The van der Waals surface area contributed by atoms with Crippen LogP contribution in [0.1, 0.15) is 25.0 Å². The number of nitrogens with one attached hydrogen (secondary N) is 1. The molecule has 182 valence electrons. The van der Waals surface area contributed by atoms with Crippen LogP contribution in [0.2, 0.25) is 0 Å². The summed E-state index contributed by atoms with van der Waals surface area (Å²) in [4.78, 5) is 12.4. The lowest BCUT2D eigenvalue weighted by Gasteiger charge is -2.07. The summed E-state index contributed by atoms with van der Waals surface area (Å²) in [6, 6.07) is 22.9. The van der Waals surface area contributed by atoms with Crippen LogP contribution in [0.5, 0.6) is 0 Å². The van der Waals surface area contributed by atoms with Crippen molar-refractivity contribution < 1.29 is 4.79 Å². The number of hydrazone groups is 1. The molecule has 3 aromatic carbocycles. The molecule has 5 rings (SSSR count). The minimum atomic E-state index is -0.192. The number of aryl methyl sites for hydroxylation is 2. The second kappa shape index (κ2) is 10.4. The van der Waals surface area contributed by atoms with Crippen LogP contribution in [0.3, 0.4) is 0 Å². The van der Waals surface area contributed by atoms with Crippen molar-refractivity contribution in [2.24, 2.45) is 5.10 Å². The lowest BCUT2D eigenvalue weighted by atomic mass is 10.1. The smallest absolute Gasteiger partial charge is 0.250 e. The lowest BCUT2D eigenvalue weighted by molar-refractivity contribution is -0.118. The van der Waals surface area contributed by atoms with Gasteiger partial charge in [0.05, 0.1) is 12.0 Å². The van der Waals surface area contributed by atoms with Gasteiger partial charge < -0.3 is 9.13 Å². The van der Waals surface area contributed by atoms with E-state index in [-0.39, 0.29) is 11.7 Å². The standard InChI is InChI=1S/C28H28N6OS/c1-4-33-24-9-7-6-8-22(24)23-16-20(12-15-25(23)33)17-29-30-26(35)18-36-28-32-31-27(34(28)5-2)21-13-10-19(3)11-14-21/h6-17H,4-5,18H2,1-3H3,(H,30,35). The van der Waals surface area contributed by atoms with Crippen molar-refractivity contribution in [3.8, 4) is 11.4 Å². The Kier molecular flexibility index (Phi) is 6.86. The van der Waals surface area contributed by atoms with E-state index in [0.717, 1.165) is 30.0 Å². The van der Waals surface area contributed by atoms with Crippen LogP contribution in [-0.4, -0.2) is 37.2 Å². The Morgan fingerprint density at radius 1 is 0.944 bits per heavy atom. The predicted octanol–water partition coefficient (Wildman–Crippen LogP) is 5.64. The number of amides is 1. The van der Waals surface area contributed by atoms with Gasteiger partial charge >= 0.3 is 0 Å². The summed E-state index contributed by atoms with van der Waals surface area (Å²) >= 11 is 1.35. The molecule has 7 nitrogen and oxygen atoms in total. The van der Waals surface area contributed by atoms with Gasteiger partial charge in [-0.05, 0) is 44.5 Å². The molecular weight excluding hydrogens is 468 g/mol. The summed E-state index contributed by atoms with van der Waals surface area (Å²) in [5.41, 5.74) is 8.19. The number of hydrogen-bond acceptors (Lipinski definition) is 5. The molecule has 1 N–H and O–H groups in total. The Morgan fingerprint density at radius 3 is 2.47 bits per heavy atom. The van der Waals surface area contributed by atoms with Crippen LogP contribution in [0.25, 0.3) is 33.2 Å². The van der Waals surface area contributed by atoms with Gasteiger partial charge in [-0.15, -0.1) is 10.2 Å². The summed E-state index contributed by atoms with van der Waals surface area (Å²) in [5.74, 6) is 0.813. The molecule has 0 fully saturated rings. The van der Waals surface area contributed by atoms with Gasteiger partial charge in [-0.1, -0.05) is 65.9 Å². The van der Waals surface area contributed by atoms with Crippen molar-refractivity contribution in [1.82, 2.24) is 24.8 Å². The zero-order valence-corrected chi connectivity index (χ0v) is 21.4. The van der Waals surface area contributed by atoms with Crippen LogP contribution >= 0.6 is 11.8 Å². The highest BCUT2D eigenvalue weighted by molar-refractivity contribution is 7.99. The maximum absolute atomic E-state index is 12.4. The second-order valence-corrected chi connectivity index (χ2v) is 9.48. The average Bonchev–Trinajstić information content (AvgIpc) is 3.46. The van der Waals surface area contributed by atoms with Crippen molar-refractivity contribution in [1.29, 1.82) is 0 Å².